The van der Waals surface area contributed by atoms with Gasteiger partial charge in [0, 0.05) is 5.56 Å². The number of para-hydroxylation sites is 1. The van der Waals surface area contributed by atoms with Gasteiger partial charge in [0.1, 0.15) is 0 Å². The minimum atomic E-state index is -0.249. The molecule has 88 valence electrons. The van der Waals surface area contributed by atoms with Gasteiger partial charge >= 0.3 is 0 Å². The van der Waals surface area contributed by atoms with E-state index in [1.807, 2.05) is 19.1 Å². The van der Waals surface area contributed by atoms with Crippen molar-refractivity contribution in [3.63, 3.8) is 0 Å². The van der Waals surface area contributed by atoms with Crippen molar-refractivity contribution in [3.05, 3.63) is 23.8 Å². The zero-order valence-corrected chi connectivity index (χ0v) is 9.93. The van der Waals surface area contributed by atoms with Crippen molar-refractivity contribution in [1.29, 1.82) is 0 Å². The molecular formula is C13H18O3. The summed E-state index contributed by atoms with van der Waals surface area (Å²) in [5, 5.41) is 9.54. The lowest BCUT2D eigenvalue weighted by atomic mass is 10.1. The first kappa shape index (κ1) is 11.3. The van der Waals surface area contributed by atoms with Crippen LogP contribution in [0.25, 0.3) is 0 Å². The highest BCUT2D eigenvalue weighted by Crippen LogP contribution is 2.53. The first-order valence-electron chi connectivity index (χ1n) is 5.58. The summed E-state index contributed by atoms with van der Waals surface area (Å²) < 4.78 is 10.7. The standard InChI is InChI=1S/C13H18O3/c1-8(14)10-7-11(10)9-5-4-6-12(15-2)13(9)16-3/h4-6,8,10-11,14H,7H2,1-3H3/t8-,10-,11+/m0/s1. The quantitative estimate of drug-likeness (QED) is 0.848. The van der Waals surface area contributed by atoms with Crippen molar-refractivity contribution >= 4 is 0 Å². The number of aliphatic hydroxyl groups excluding tert-OH is 1. The summed E-state index contributed by atoms with van der Waals surface area (Å²) in [6.07, 6.45) is 0.780. The Morgan fingerprint density at radius 1 is 1.31 bits per heavy atom. The molecule has 16 heavy (non-hydrogen) atoms. The van der Waals surface area contributed by atoms with Gasteiger partial charge in [-0.2, -0.15) is 0 Å². The maximum Gasteiger partial charge on any atom is 0.164 e. The summed E-state index contributed by atoms with van der Waals surface area (Å²) in [6, 6.07) is 5.91. The number of rotatable bonds is 4. The van der Waals surface area contributed by atoms with Crippen LogP contribution in [0.2, 0.25) is 0 Å². The molecule has 0 aliphatic heterocycles. The van der Waals surface area contributed by atoms with E-state index in [4.69, 9.17) is 9.47 Å². The predicted molar refractivity (Wildman–Crippen MR) is 62.1 cm³/mol. The molecule has 1 aromatic rings. The monoisotopic (exact) mass is 222 g/mol. The van der Waals surface area contributed by atoms with Gasteiger partial charge in [0.2, 0.25) is 0 Å². The number of benzene rings is 1. The molecule has 1 aliphatic carbocycles. The number of ether oxygens (including phenoxy) is 2. The van der Waals surface area contributed by atoms with Crippen LogP contribution in [0.5, 0.6) is 11.5 Å². The third kappa shape index (κ3) is 1.87. The van der Waals surface area contributed by atoms with Crippen LogP contribution in [0.1, 0.15) is 24.8 Å². The van der Waals surface area contributed by atoms with Crippen LogP contribution >= 0.6 is 0 Å². The first-order chi connectivity index (χ1) is 7.69. The Morgan fingerprint density at radius 2 is 2.06 bits per heavy atom. The molecule has 0 heterocycles. The van der Waals surface area contributed by atoms with Crippen LogP contribution in [-0.4, -0.2) is 25.4 Å². The molecule has 3 heteroatoms. The van der Waals surface area contributed by atoms with E-state index in [0.29, 0.717) is 11.8 Å². The second-order valence-corrected chi connectivity index (χ2v) is 4.33. The van der Waals surface area contributed by atoms with Crippen LogP contribution in [-0.2, 0) is 0 Å². The second kappa shape index (κ2) is 4.34. The molecule has 3 atom stereocenters. The molecule has 2 rings (SSSR count). The van der Waals surface area contributed by atoms with Crippen molar-refractivity contribution < 1.29 is 14.6 Å². The van der Waals surface area contributed by atoms with E-state index >= 15 is 0 Å². The minimum absolute atomic E-state index is 0.249. The van der Waals surface area contributed by atoms with Gasteiger partial charge in [-0.15, -0.1) is 0 Å². The molecule has 3 nitrogen and oxygen atoms in total. The van der Waals surface area contributed by atoms with Gasteiger partial charge in [0.15, 0.2) is 11.5 Å². The Kier molecular flexibility index (Phi) is 3.06. The molecule has 0 saturated heterocycles. The lowest BCUT2D eigenvalue weighted by molar-refractivity contribution is 0.168. The number of methoxy groups -OCH3 is 2. The van der Waals surface area contributed by atoms with E-state index in [9.17, 15) is 5.11 Å². The molecule has 0 bridgehead atoms. The van der Waals surface area contributed by atoms with E-state index in [0.717, 1.165) is 23.5 Å². The SMILES string of the molecule is COc1cccc([C@H]2C[C@H]2[C@H](C)O)c1OC. The van der Waals surface area contributed by atoms with E-state index in [2.05, 4.69) is 6.07 Å². The van der Waals surface area contributed by atoms with Gasteiger partial charge in [-0.25, -0.2) is 0 Å². The molecular weight excluding hydrogens is 204 g/mol. The van der Waals surface area contributed by atoms with E-state index in [1.165, 1.54) is 0 Å². The highest BCUT2D eigenvalue weighted by molar-refractivity contribution is 5.50. The van der Waals surface area contributed by atoms with Gasteiger partial charge in [0.05, 0.1) is 20.3 Å². The summed E-state index contributed by atoms with van der Waals surface area (Å²) in [4.78, 5) is 0. The van der Waals surface area contributed by atoms with E-state index in [-0.39, 0.29) is 6.10 Å². The Balaban J connectivity index is 2.28. The Morgan fingerprint density at radius 3 is 2.56 bits per heavy atom. The Labute approximate surface area is 96.0 Å². The predicted octanol–water partition coefficient (Wildman–Crippen LogP) is 2.19. The van der Waals surface area contributed by atoms with Gasteiger partial charge < -0.3 is 14.6 Å². The van der Waals surface area contributed by atoms with Crippen molar-refractivity contribution in [2.24, 2.45) is 5.92 Å². The zero-order chi connectivity index (χ0) is 11.7. The van der Waals surface area contributed by atoms with Crippen molar-refractivity contribution in [1.82, 2.24) is 0 Å². The van der Waals surface area contributed by atoms with E-state index in [1.54, 1.807) is 14.2 Å². The third-order valence-corrected chi connectivity index (χ3v) is 3.29. The number of hydrogen-bond acceptors (Lipinski definition) is 3. The molecule has 0 unspecified atom stereocenters. The van der Waals surface area contributed by atoms with Crippen LogP contribution in [0.15, 0.2) is 18.2 Å². The maximum absolute atomic E-state index is 9.54. The Bertz CT molecular complexity index is 373. The largest absolute Gasteiger partial charge is 0.493 e. The highest BCUT2D eigenvalue weighted by Gasteiger charge is 2.43. The summed E-state index contributed by atoms with van der Waals surface area (Å²) >= 11 is 0. The van der Waals surface area contributed by atoms with Crippen LogP contribution in [0.4, 0.5) is 0 Å². The molecule has 1 aliphatic rings. The Hall–Kier alpha value is -1.22. The first-order valence-corrected chi connectivity index (χ1v) is 5.58. The number of hydrogen-bond donors (Lipinski definition) is 1. The van der Waals surface area contributed by atoms with Crippen LogP contribution in [0.3, 0.4) is 0 Å². The summed E-state index contributed by atoms with van der Waals surface area (Å²) in [6.45, 7) is 1.84. The molecule has 0 radical (unpaired) electrons. The summed E-state index contributed by atoms with van der Waals surface area (Å²) in [7, 11) is 3.29. The van der Waals surface area contributed by atoms with Crippen LogP contribution in [0, 0.1) is 5.92 Å². The molecule has 0 spiro atoms. The van der Waals surface area contributed by atoms with Crippen molar-refractivity contribution in [2.75, 3.05) is 14.2 Å². The molecule has 0 aromatic heterocycles. The van der Waals surface area contributed by atoms with Gasteiger partial charge in [-0.05, 0) is 31.2 Å². The van der Waals surface area contributed by atoms with E-state index < -0.39 is 0 Å². The topological polar surface area (TPSA) is 38.7 Å². The zero-order valence-electron chi connectivity index (χ0n) is 9.93. The third-order valence-electron chi connectivity index (χ3n) is 3.29. The van der Waals surface area contributed by atoms with Crippen LogP contribution < -0.4 is 9.47 Å². The maximum atomic E-state index is 9.54. The minimum Gasteiger partial charge on any atom is -0.493 e. The summed E-state index contributed by atoms with van der Waals surface area (Å²) in [5.41, 5.74) is 1.15. The molecule has 0 amide bonds. The average Bonchev–Trinajstić information content (AvgIpc) is 3.07. The highest BCUT2D eigenvalue weighted by atomic mass is 16.5. The summed E-state index contributed by atoms with van der Waals surface area (Å²) in [5.74, 6) is 2.33. The van der Waals surface area contributed by atoms with Gasteiger partial charge in [0.25, 0.3) is 0 Å². The normalized spacial score (nSPS) is 25.0. The fourth-order valence-electron chi connectivity index (χ4n) is 2.31. The lowest BCUT2D eigenvalue weighted by Crippen LogP contribution is -2.04. The van der Waals surface area contributed by atoms with Gasteiger partial charge in [-0.1, -0.05) is 12.1 Å². The second-order valence-electron chi connectivity index (χ2n) is 4.33. The molecule has 1 N–H and O–H groups in total. The smallest absolute Gasteiger partial charge is 0.164 e. The molecule has 1 saturated carbocycles. The fraction of sp³-hybridized carbons (Fsp3) is 0.538. The fourth-order valence-corrected chi connectivity index (χ4v) is 2.31. The molecule has 1 aromatic carbocycles. The molecule has 1 fully saturated rings. The lowest BCUT2D eigenvalue weighted by Gasteiger charge is -2.12. The van der Waals surface area contributed by atoms with Crippen molar-refractivity contribution in [3.8, 4) is 11.5 Å². The average molecular weight is 222 g/mol. The number of aliphatic hydroxyl groups is 1. The van der Waals surface area contributed by atoms with Crippen molar-refractivity contribution in [2.45, 2.75) is 25.4 Å². The van der Waals surface area contributed by atoms with Gasteiger partial charge in [-0.3, -0.25) is 0 Å².